The minimum Gasteiger partial charge on any atom is -0.392 e. The lowest BCUT2D eigenvalue weighted by molar-refractivity contribution is -0.563. The Morgan fingerprint density at radius 1 is 1.12 bits per heavy atom. The van der Waals surface area contributed by atoms with Gasteiger partial charge in [0.15, 0.2) is 0 Å². The highest BCUT2D eigenvalue weighted by Crippen LogP contribution is 2.14. The minimum atomic E-state index is 0.187. The number of hydrogen-bond donors (Lipinski definition) is 2. The molecule has 1 heterocycles. The van der Waals surface area contributed by atoms with Crippen molar-refractivity contribution in [1.29, 1.82) is 0 Å². The second-order valence-corrected chi connectivity index (χ2v) is 5.58. The van der Waals surface area contributed by atoms with Crippen LogP contribution in [-0.2, 0) is 0 Å². The zero-order valence-electron chi connectivity index (χ0n) is 11.5. The van der Waals surface area contributed by atoms with E-state index in [1.165, 1.54) is 0 Å². The van der Waals surface area contributed by atoms with E-state index in [1.54, 1.807) is 0 Å². The molecule has 0 aromatic rings. The van der Waals surface area contributed by atoms with Gasteiger partial charge in [-0.15, -0.1) is 0 Å². The van der Waals surface area contributed by atoms with Gasteiger partial charge >= 0.3 is 0 Å². The van der Waals surface area contributed by atoms with E-state index < -0.39 is 0 Å². The van der Waals surface area contributed by atoms with Crippen LogP contribution in [-0.4, -0.2) is 64.4 Å². The monoisotopic (exact) mass is 243 g/mol. The van der Waals surface area contributed by atoms with Crippen molar-refractivity contribution in [2.45, 2.75) is 39.8 Å². The van der Waals surface area contributed by atoms with Crippen LogP contribution in [0, 0.1) is 11.8 Å². The molecule has 17 heavy (non-hydrogen) atoms. The van der Waals surface area contributed by atoms with E-state index in [-0.39, 0.29) is 25.3 Å². The van der Waals surface area contributed by atoms with Gasteiger partial charge in [-0.1, -0.05) is 27.7 Å². The van der Waals surface area contributed by atoms with E-state index in [0.29, 0.717) is 11.8 Å². The fourth-order valence-corrected chi connectivity index (χ4v) is 2.44. The van der Waals surface area contributed by atoms with Crippen molar-refractivity contribution < 1.29 is 14.8 Å². The van der Waals surface area contributed by atoms with Gasteiger partial charge in [-0.05, 0) is 11.8 Å². The highest BCUT2D eigenvalue weighted by Gasteiger charge is 2.32. The van der Waals surface area contributed by atoms with Crippen molar-refractivity contribution in [3.05, 3.63) is 0 Å². The van der Waals surface area contributed by atoms with Crippen LogP contribution >= 0.6 is 0 Å². The third-order valence-corrected chi connectivity index (χ3v) is 3.68. The van der Waals surface area contributed by atoms with Crippen molar-refractivity contribution in [2.75, 3.05) is 26.3 Å². The maximum absolute atomic E-state index is 9.42. The lowest BCUT2D eigenvalue weighted by Gasteiger charge is -2.22. The molecule has 0 bridgehead atoms. The summed E-state index contributed by atoms with van der Waals surface area (Å²) < 4.78 is 2.20. The first-order valence-corrected chi connectivity index (χ1v) is 6.59. The van der Waals surface area contributed by atoms with E-state index >= 15 is 0 Å². The molecule has 0 saturated carbocycles. The van der Waals surface area contributed by atoms with Crippen LogP contribution in [0.3, 0.4) is 0 Å². The van der Waals surface area contributed by atoms with Crippen LogP contribution in [0.5, 0.6) is 0 Å². The SMILES string of the molecule is CC(C)[C@@H](CO)N1C=[N+]([C@H](CO)C(C)C)CC1. The van der Waals surface area contributed by atoms with Gasteiger partial charge in [-0.2, -0.15) is 0 Å². The Labute approximate surface area is 105 Å². The highest BCUT2D eigenvalue weighted by molar-refractivity contribution is 5.51. The molecule has 0 unspecified atom stereocenters. The van der Waals surface area contributed by atoms with E-state index in [4.69, 9.17) is 0 Å². The van der Waals surface area contributed by atoms with Crippen LogP contribution < -0.4 is 0 Å². The highest BCUT2D eigenvalue weighted by atomic mass is 16.3. The average molecular weight is 243 g/mol. The maximum atomic E-state index is 9.42. The first kappa shape index (κ1) is 14.5. The lowest BCUT2D eigenvalue weighted by Crippen LogP contribution is -2.40. The zero-order chi connectivity index (χ0) is 13.0. The van der Waals surface area contributed by atoms with Crippen molar-refractivity contribution in [3.8, 4) is 0 Å². The number of hydrogen-bond acceptors (Lipinski definition) is 3. The van der Waals surface area contributed by atoms with E-state index in [2.05, 4.69) is 43.5 Å². The molecule has 0 fully saturated rings. The Hall–Kier alpha value is -0.610. The molecule has 0 amide bonds. The first-order chi connectivity index (χ1) is 8.01. The number of aliphatic hydroxyl groups is 2. The fourth-order valence-electron chi connectivity index (χ4n) is 2.44. The Morgan fingerprint density at radius 2 is 1.76 bits per heavy atom. The molecule has 0 aromatic carbocycles. The van der Waals surface area contributed by atoms with Crippen LogP contribution in [0.25, 0.3) is 0 Å². The van der Waals surface area contributed by atoms with E-state index in [1.807, 2.05) is 0 Å². The lowest BCUT2D eigenvalue weighted by atomic mass is 10.0. The molecule has 1 rings (SSSR count). The molecule has 100 valence electrons. The van der Waals surface area contributed by atoms with Gasteiger partial charge in [0.05, 0.1) is 13.2 Å². The fraction of sp³-hybridized carbons (Fsp3) is 0.923. The molecule has 4 heteroatoms. The molecule has 2 N–H and O–H groups in total. The van der Waals surface area contributed by atoms with Crippen molar-refractivity contribution >= 4 is 6.34 Å². The van der Waals surface area contributed by atoms with Gasteiger partial charge in [0.2, 0.25) is 6.34 Å². The number of aliphatic hydroxyl groups excluding tert-OH is 2. The summed E-state index contributed by atoms with van der Waals surface area (Å²) in [7, 11) is 0. The van der Waals surface area contributed by atoms with Crippen molar-refractivity contribution in [3.63, 3.8) is 0 Å². The third kappa shape index (κ3) is 3.42. The minimum absolute atomic E-state index is 0.187. The number of rotatable bonds is 6. The van der Waals surface area contributed by atoms with Gasteiger partial charge in [0.25, 0.3) is 0 Å². The van der Waals surface area contributed by atoms with Crippen LogP contribution in [0.1, 0.15) is 27.7 Å². The first-order valence-electron chi connectivity index (χ1n) is 6.59. The summed E-state index contributed by atoms with van der Waals surface area (Å²) >= 11 is 0. The Morgan fingerprint density at radius 3 is 2.18 bits per heavy atom. The van der Waals surface area contributed by atoms with Crippen LogP contribution in [0.4, 0.5) is 0 Å². The second kappa shape index (κ2) is 6.36. The normalized spacial score (nSPS) is 20.0. The van der Waals surface area contributed by atoms with Crippen molar-refractivity contribution in [1.82, 2.24) is 4.90 Å². The van der Waals surface area contributed by atoms with Crippen LogP contribution in [0.15, 0.2) is 0 Å². The van der Waals surface area contributed by atoms with Crippen molar-refractivity contribution in [2.24, 2.45) is 11.8 Å². The molecular weight excluding hydrogens is 216 g/mol. The average Bonchev–Trinajstić information content (AvgIpc) is 2.68. The summed E-state index contributed by atoms with van der Waals surface area (Å²) in [5, 5.41) is 18.8. The molecule has 0 saturated heterocycles. The molecular formula is C13H27N2O2+. The van der Waals surface area contributed by atoms with Crippen LogP contribution in [0.2, 0.25) is 0 Å². The van der Waals surface area contributed by atoms with Gasteiger partial charge in [0.1, 0.15) is 25.2 Å². The smallest absolute Gasteiger partial charge is 0.235 e. The number of nitrogens with zero attached hydrogens (tertiary/aromatic N) is 2. The van der Waals surface area contributed by atoms with Gasteiger partial charge in [0, 0.05) is 0 Å². The predicted octanol–water partition coefficient (Wildman–Crippen LogP) is 0.377. The zero-order valence-corrected chi connectivity index (χ0v) is 11.5. The topological polar surface area (TPSA) is 46.7 Å². The molecule has 1 aliphatic heterocycles. The molecule has 4 nitrogen and oxygen atoms in total. The maximum Gasteiger partial charge on any atom is 0.235 e. The molecule has 0 aromatic heterocycles. The molecule has 0 aliphatic carbocycles. The standard InChI is InChI=1S/C13H27N2O2/c1-10(2)12(7-16)14-5-6-15(9-14)13(8-17)11(3)4/h9-13,16-17H,5-8H2,1-4H3/q+1/t12-,13-/m1/s1. The van der Waals surface area contributed by atoms with Gasteiger partial charge in [-0.25, -0.2) is 0 Å². The molecule has 2 atom stereocenters. The quantitative estimate of drug-likeness (QED) is 0.663. The summed E-state index contributed by atoms with van der Waals surface area (Å²) in [6.45, 7) is 10.8. The summed E-state index contributed by atoms with van der Waals surface area (Å²) in [4.78, 5) is 2.20. The molecule has 0 spiro atoms. The van der Waals surface area contributed by atoms with E-state index in [9.17, 15) is 10.2 Å². The summed E-state index contributed by atoms with van der Waals surface area (Å²) in [5.74, 6) is 0.866. The molecule has 0 radical (unpaired) electrons. The van der Waals surface area contributed by atoms with E-state index in [0.717, 1.165) is 13.1 Å². The van der Waals surface area contributed by atoms with Gasteiger partial charge < -0.3 is 10.2 Å². The summed E-state index contributed by atoms with van der Waals surface area (Å²) in [5.41, 5.74) is 0. The Balaban J connectivity index is 2.73. The summed E-state index contributed by atoms with van der Waals surface area (Å²) in [6, 6.07) is 0.373. The van der Waals surface area contributed by atoms with Gasteiger partial charge in [-0.3, -0.25) is 9.48 Å². The second-order valence-electron chi connectivity index (χ2n) is 5.58. The summed E-state index contributed by atoms with van der Waals surface area (Å²) in [6.07, 6.45) is 2.09. The Kier molecular flexibility index (Phi) is 5.40. The Bertz CT molecular complexity index is 264. The molecule has 1 aliphatic rings. The third-order valence-electron chi connectivity index (χ3n) is 3.68. The largest absolute Gasteiger partial charge is 0.392 e. The predicted molar refractivity (Wildman–Crippen MR) is 69.3 cm³/mol.